The van der Waals surface area contributed by atoms with Crippen molar-refractivity contribution in [2.45, 2.75) is 33.9 Å². The van der Waals surface area contributed by atoms with Crippen LogP contribution in [0, 0.1) is 20.8 Å². The summed E-state index contributed by atoms with van der Waals surface area (Å²) in [7, 11) is 0. The third-order valence-electron chi connectivity index (χ3n) is 4.29. The van der Waals surface area contributed by atoms with E-state index in [1.807, 2.05) is 44.2 Å². The van der Waals surface area contributed by atoms with E-state index in [1.165, 1.54) is 16.7 Å². The van der Waals surface area contributed by atoms with Crippen LogP contribution in [0.3, 0.4) is 0 Å². The van der Waals surface area contributed by atoms with E-state index in [-0.39, 0.29) is 0 Å². The van der Waals surface area contributed by atoms with Crippen LogP contribution in [0.15, 0.2) is 59.6 Å². The zero-order valence-corrected chi connectivity index (χ0v) is 15.5. The third kappa shape index (κ3) is 4.72. The molecule has 3 rings (SSSR count). The van der Waals surface area contributed by atoms with Crippen molar-refractivity contribution in [2.75, 3.05) is 5.32 Å². The van der Waals surface area contributed by atoms with E-state index in [1.54, 1.807) is 0 Å². The summed E-state index contributed by atoms with van der Waals surface area (Å²) in [4.78, 5) is 4.74. The van der Waals surface area contributed by atoms with Crippen molar-refractivity contribution in [3.8, 4) is 0 Å². The lowest BCUT2D eigenvalue weighted by molar-refractivity contribution is 0.878. The van der Waals surface area contributed by atoms with Gasteiger partial charge in [-0.05, 0) is 38.5 Å². The van der Waals surface area contributed by atoms with E-state index in [9.17, 15) is 0 Å². The number of nitrogens with zero attached hydrogens (tertiary/aromatic N) is 2. The van der Waals surface area contributed by atoms with Crippen LogP contribution in [-0.2, 0) is 13.1 Å². The number of aromatic amines is 1. The average molecular weight is 347 g/mol. The van der Waals surface area contributed by atoms with Gasteiger partial charge < -0.3 is 10.6 Å². The van der Waals surface area contributed by atoms with Gasteiger partial charge in [-0.3, -0.25) is 5.10 Å². The molecule has 5 nitrogen and oxygen atoms in total. The first-order chi connectivity index (χ1) is 12.6. The van der Waals surface area contributed by atoms with Gasteiger partial charge >= 0.3 is 0 Å². The van der Waals surface area contributed by atoms with Crippen LogP contribution in [0.25, 0.3) is 0 Å². The minimum atomic E-state index is 0.617. The van der Waals surface area contributed by atoms with E-state index in [4.69, 9.17) is 4.99 Å². The number of aromatic nitrogens is 2. The molecule has 0 fully saturated rings. The summed E-state index contributed by atoms with van der Waals surface area (Å²) in [5.41, 5.74) is 6.69. The first-order valence-corrected chi connectivity index (χ1v) is 8.78. The predicted octanol–water partition coefficient (Wildman–Crippen LogP) is 4.09. The minimum Gasteiger partial charge on any atom is -0.352 e. The standard InChI is InChI=1S/C21H25N5/c1-15-9-11-18(12-10-15)13-22-21(24-19-7-5-4-6-8-19)23-14-20-16(2)25-26-17(20)3/h4-12H,13-14H2,1-3H3,(H,25,26)(H2,22,23,24). The number of aryl methyl sites for hydroxylation is 3. The summed E-state index contributed by atoms with van der Waals surface area (Å²) in [6.45, 7) is 7.41. The molecule has 0 bridgehead atoms. The number of rotatable bonds is 5. The summed E-state index contributed by atoms with van der Waals surface area (Å²) in [5.74, 6) is 0.747. The Kier molecular flexibility index (Phi) is 5.69. The molecule has 0 saturated heterocycles. The summed E-state index contributed by atoms with van der Waals surface area (Å²) in [6, 6.07) is 18.5. The Morgan fingerprint density at radius 2 is 1.73 bits per heavy atom. The van der Waals surface area contributed by atoms with Gasteiger partial charge in [-0.1, -0.05) is 48.0 Å². The molecular weight excluding hydrogens is 322 g/mol. The smallest absolute Gasteiger partial charge is 0.196 e. The summed E-state index contributed by atoms with van der Waals surface area (Å²) >= 11 is 0. The molecule has 3 aromatic rings. The first-order valence-electron chi connectivity index (χ1n) is 8.78. The van der Waals surface area contributed by atoms with Gasteiger partial charge in [0.2, 0.25) is 0 Å². The first kappa shape index (κ1) is 17.7. The number of H-pyrrole nitrogens is 1. The zero-order chi connectivity index (χ0) is 18.4. The van der Waals surface area contributed by atoms with Gasteiger partial charge in [0.05, 0.1) is 12.2 Å². The van der Waals surface area contributed by atoms with Gasteiger partial charge in [0, 0.05) is 23.5 Å². The maximum Gasteiger partial charge on any atom is 0.196 e. The van der Waals surface area contributed by atoms with Crippen LogP contribution < -0.4 is 10.6 Å². The van der Waals surface area contributed by atoms with Crippen molar-refractivity contribution in [1.82, 2.24) is 15.5 Å². The molecule has 0 aliphatic heterocycles. The molecule has 0 aliphatic carbocycles. The van der Waals surface area contributed by atoms with Crippen LogP contribution in [0.2, 0.25) is 0 Å². The second kappa shape index (κ2) is 8.34. The van der Waals surface area contributed by atoms with Gasteiger partial charge in [0.25, 0.3) is 0 Å². The Balaban J connectivity index is 1.74. The van der Waals surface area contributed by atoms with E-state index < -0.39 is 0 Å². The molecule has 0 spiro atoms. The zero-order valence-electron chi connectivity index (χ0n) is 15.5. The molecule has 0 saturated carbocycles. The SMILES string of the molecule is Cc1ccc(CN=C(NCc2c(C)n[nH]c2C)Nc2ccccc2)cc1. The number of aliphatic imine (C=N–C) groups is 1. The molecule has 5 heteroatoms. The topological polar surface area (TPSA) is 65.1 Å². The summed E-state index contributed by atoms with van der Waals surface area (Å²) in [6.07, 6.45) is 0. The molecule has 0 amide bonds. The Morgan fingerprint density at radius 3 is 2.38 bits per heavy atom. The summed E-state index contributed by atoms with van der Waals surface area (Å²) in [5, 5.41) is 14.1. The highest BCUT2D eigenvalue weighted by atomic mass is 15.2. The Bertz CT molecular complexity index is 844. The molecule has 0 radical (unpaired) electrons. The van der Waals surface area contributed by atoms with E-state index in [0.29, 0.717) is 13.1 Å². The molecule has 1 aromatic heterocycles. The highest BCUT2D eigenvalue weighted by molar-refractivity contribution is 5.93. The Morgan fingerprint density at radius 1 is 1.00 bits per heavy atom. The van der Waals surface area contributed by atoms with Crippen LogP contribution >= 0.6 is 0 Å². The van der Waals surface area contributed by atoms with E-state index >= 15 is 0 Å². The molecule has 0 atom stereocenters. The Hall–Kier alpha value is -3.08. The third-order valence-corrected chi connectivity index (χ3v) is 4.29. The van der Waals surface area contributed by atoms with Gasteiger partial charge in [-0.25, -0.2) is 4.99 Å². The summed E-state index contributed by atoms with van der Waals surface area (Å²) < 4.78 is 0. The van der Waals surface area contributed by atoms with E-state index in [2.05, 4.69) is 52.0 Å². The largest absolute Gasteiger partial charge is 0.352 e. The molecule has 1 heterocycles. The lowest BCUT2D eigenvalue weighted by Crippen LogP contribution is -2.30. The van der Waals surface area contributed by atoms with Crippen LogP contribution in [0.4, 0.5) is 5.69 Å². The number of hydrogen-bond acceptors (Lipinski definition) is 2. The van der Waals surface area contributed by atoms with Crippen molar-refractivity contribution in [3.63, 3.8) is 0 Å². The van der Waals surface area contributed by atoms with Gasteiger partial charge in [-0.15, -0.1) is 0 Å². The number of anilines is 1. The number of nitrogens with one attached hydrogen (secondary N) is 3. The average Bonchev–Trinajstić information content (AvgIpc) is 2.97. The van der Waals surface area contributed by atoms with Gasteiger partial charge in [0.1, 0.15) is 0 Å². The molecular formula is C21H25N5. The molecule has 26 heavy (non-hydrogen) atoms. The second-order valence-corrected chi connectivity index (χ2v) is 6.41. The maximum absolute atomic E-state index is 4.74. The lowest BCUT2D eigenvalue weighted by Gasteiger charge is -2.13. The van der Waals surface area contributed by atoms with Crippen molar-refractivity contribution in [1.29, 1.82) is 0 Å². The van der Waals surface area contributed by atoms with Crippen molar-refractivity contribution >= 4 is 11.6 Å². The molecule has 134 valence electrons. The highest BCUT2D eigenvalue weighted by Gasteiger charge is 2.07. The van der Waals surface area contributed by atoms with Crippen molar-refractivity contribution in [2.24, 2.45) is 4.99 Å². The number of hydrogen-bond donors (Lipinski definition) is 3. The maximum atomic E-state index is 4.74. The van der Waals surface area contributed by atoms with Crippen molar-refractivity contribution < 1.29 is 0 Å². The van der Waals surface area contributed by atoms with Crippen LogP contribution in [0.1, 0.15) is 28.1 Å². The van der Waals surface area contributed by atoms with Crippen molar-refractivity contribution in [3.05, 3.63) is 82.7 Å². The number of benzene rings is 2. The van der Waals surface area contributed by atoms with E-state index in [0.717, 1.165) is 23.0 Å². The van der Waals surface area contributed by atoms with Gasteiger partial charge in [0.15, 0.2) is 5.96 Å². The monoisotopic (exact) mass is 347 g/mol. The van der Waals surface area contributed by atoms with Gasteiger partial charge in [-0.2, -0.15) is 5.10 Å². The quantitative estimate of drug-likeness (QED) is 0.481. The lowest BCUT2D eigenvalue weighted by atomic mass is 10.1. The molecule has 3 N–H and O–H groups in total. The van der Waals surface area contributed by atoms with Crippen LogP contribution in [0.5, 0.6) is 0 Å². The molecule has 0 unspecified atom stereocenters. The number of para-hydroxylation sites is 1. The fourth-order valence-corrected chi connectivity index (χ4v) is 2.67. The predicted molar refractivity (Wildman–Crippen MR) is 107 cm³/mol. The normalized spacial score (nSPS) is 11.4. The Labute approximate surface area is 154 Å². The molecule has 2 aromatic carbocycles. The van der Waals surface area contributed by atoms with Crippen LogP contribution in [-0.4, -0.2) is 16.2 Å². The molecule has 0 aliphatic rings. The second-order valence-electron chi connectivity index (χ2n) is 6.41. The fraction of sp³-hybridized carbons (Fsp3) is 0.238. The number of guanidine groups is 1. The fourth-order valence-electron chi connectivity index (χ4n) is 2.67. The minimum absolute atomic E-state index is 0.617. The highest BCUT2D eigenvalue weighted by Crippen LogP contribution is 2.10.